The molecule has 1 aromatic heterocycles. The topological polar surface area (TPSA) is 48.2 Å². The van der Waals surface area contributed by atoms with Gasteiger partial charge in [0.2, 0.25) is 11.7 Å². The van der Waals surface area contributed by atoms with Crippen molar-refractivity contribution in [1.82, 2.24) is 10.1 Å². The second-order valence-corrected chi connectivity index (χ2v) is 4.11. The molecule has 0 saturated heterocycles. The molecule has 0 unspecified atom stereocenters. The van der Waals surface area contributed by atoms with Crippen molar-refractivity contribution in [2.75, 3.05) is 6.61 Å². The van der Waals surface area contributed by atoms with E-state index in [4.69, 9.17) is 20.9 Å². The van der Waals surface area contributed by atoms with Crippen LogP contribution in [0.3, 0.4) is 0 Å². The molecule has 0 saturated carbocycles. The monoisotopic (exact) mass is 266 g/mol. The van der Waals surface area contributed by atoms with Crippen LogP contribution in [-0.4, -0.2) is 16.7 Å². The Morgan fingerprint density at radius 3 is 2.89 bits per heavy atom. The largest absolute Gasteiger partial charge is 0.493 e. The van der Waals surface area contributed by atoms with Crippen molar-refractivity contribution in [3.63, 3.8) is 0 Å². The minimum Gasteiger partial charge on any atom is -0.493 e. The summed E-state index contributed by atoms with van der Waals surface area (Å²) < 4.78 is 10.7. The first-order valence-electron chi connectivity index (χ1n) is 5.96. The predicted molar refractivity (Wildman–Crippen MR) is 69.7 cm³/mol. The van der Waals surface area contributed by atoms with Crippen LogP contribution in [0.25, 0.3) is 11.4 Å². The Kier molecular flexibility index (Phi) is 4.59. The van der Waals surface area contributed by atoms with Crippen molar-refractivity contribution in [3.8, 4) is 17.1 Å². The Labute approximate surface area is 111 Å². The average Bonchev–Trinajstić information content (AvgIpc) is 2.88. The van der Waals surface area contributed by atoms with Gasteiger partial charge in [-0.2, -0.15) is 4.98 Å². The van der Waals surface area contributed by atoms with Gasteiger partial charge in [0.05, 0.1) is 12.2 Å². The summed E-state index contributed by atoms with van der Waals surface area (Å²) in [7, 11) is 0. The van der Waals surface area contributed by atoms with Crippen molar-refractivity contribution in [2.24, 2.45) is 0 Å². The van der Waals surface area contributed by atoms with E-state index in [2.05, 4.69) is 17.1 Å². The second-order valence-electron chi connectivity index (χ2n) is 3.84. The van der Waals surface area contributed by atoms with Gasteiger partial charge in [-0.15, -0.1) is 11.6 Å². The lowest BCUT2D eigenvalue weighted by Gasteiger charge is -2.08. The van der Waals surface area contributed by atoms with E-state index < -0.39 is 0 Å². The molecule has 96 valence electrons. The quantitative estimate of drug-likeness (QED) is 0.591. The Morgan fingerprint density at radius 2 is 2.17 bits per heavy atom. The van der Waals surface area contributed by atoms with Crippen LogP contribution >= 0.6 is 11.6 Å². The summed E-state index contributed by atoms with van der Waals surface area (Å²) in [5.74, 6) is 1.91. The van der Waals surface area contributed by atoms with E-state index in [-0.39, 0.29) is 5.88 Å². The number of rotatable bonds is 6. The molecule has 0 amide bonds. The van der Waals surface area contributed by atoms with Gasteiger partial charge in [-0.25, -0.2) is 0 Å². The van der Waals surface area contributed by atoms with Gasteiger partial charge in [0.15, 0.2) is 0 Å². The number of ether oxygens (including phenoxy) is 1. The van der Waals surface area contributed by atoms with E-state index in [9.17, 15) is 0 Å². The lowest BCUT2D eigenvalue weighted by molar-refractivity contribution is 0.310. The van der Waals surface area contributed by atoms with Crippen molar-refractivity contribution >= 4 is 11.6 Å². The molecule has 0 radical (unpaired) electrons. The van der Waals surface area contributed by atoms with E-state index in [1.165, 1.54) is 0 Å². The van der Waals surface area contributed by atoms with Crippen LogP contribution in [0, 0.1) is 0 Å². The summed E-state index contributed by atoms with van der Waals surface area (Å²) in [6.07, 6.45) is 2.12. The van der Waals surface area contributed by atoms with Gasteiger partial charge in [0.25, 0.3) is 0 Å². The molecule has 18 heavy (non-hydrogen) atoms. The van der Waals surface area contributed by atoms with Crippen molar-refractivity contribution in [1.29, 1.82) is 0 Å². The van der Waals surface area contributed by atoms with Gasteiger partial charge in [-0.05, 0) is 18.6 Å². The molecular weight excluding hydrogens is 252 g/mol. The van der Waals surface area contributed by atoms with Crippen LogP contribution in [-0.2, 0) is 5.88 Å². The number of alkyl halides is 1. The highest BCUT2D eigenvalue weighted by molar-refractivity contribution is 6.16. The Bertz CT molecular complexity index is 499. The first-order chi connectivity index (χ1) is 8.85. The number of benzene rings is 1. The minimum absolute atomic E-state index is 0.214. The van der Waals surface area contributed by atoms with E-state index >= 15 is 0 Å². The molecule has 0 aliphatic heterocycles. The number of halogens is 1. The molecule has 0 bridgehead atoms. The summed E-state index contributed by atoms with van der Waals surface area (Å²) in [6.45, 7) is 2.81. The highest BCUT2D eigenvalue weighted by Gasteiger charge is 2.12. The summed E-state index contributed by atoms with van der Waals surface area (Å²) in [5.41, 5.74) is 0.828. The molecule has 0 atom stereocenters. The number of hydrogen-bond acceptors (Lipinski definition) is 4. The van der Waals surface area contributed by atoms with Crippen molar-refractivity contribution in [3.05, 3.63) is 30.2 Å². The summed E-state index contributed by atoms with van der Waals surface area (Å²) >= 11 is 5.64. The van der Waals surface area contributed by atoms with Gasteiger partial charge >= 0.3 is 0 Å². The Hall–Kier alpha value is -1.55. The lowest BCUT2D eigenvalue weighted by Crippen LogP contribution is -1.98. The van der Waals surface area contributed by atoms with Crippen LogP contribution in [0.5, 0.6) is 5.75 Å². The molecule has 0 fully saturated rings. The maximum Gasteiger partial charge on any atom is 0.241 e. The SMILES string of the molecule is CCCCOc1ccccc1-c1noc(CCl)n1. The molecule has 5 heteroatoms. The summed E-state index contributed by atoms with van der Waals surface area (Å²) in [6, 6.07) is 7.65. The van der Waals surface area contributed by atoms with Crippen LogP contribution in [0.1, 0.15) is 25.7 Å². The zero-order valence-corrected chi connectivity index (χ0v) is 11.0. The Morgan fingerprint density at radius 1 is 1.33 bits per heavy atom. The maximum atomic E-state index is 5.72. The fourth-order valence-corrected chi connectivity index (χ4v) is 1.63. The first kappa shape index (κ1) is 12.9. The zero-order valence-electron chi connectivity index (χ0n) is 10.2. The number of para-hydroxylation sites is 1. The molecule has 2 rings (SSSR count). The molecule has 0 N–H and O–H groups in total. The van der Waals surface area contributed by atoms with E-state index in [0.29, 0.717) is 18.3 Å². The standard InChI is InChI=1S/C13H15ClN2O2/c1-2-3-8-17-11-7-5-4-6-10(11)13-15-12(9-14)18-16-13/h4-7H,2-3,8-9H2,1H3. The number of unbranched alkanes of at least 4 members (excludes halogenated alkanes) is 1. The van der Waals surface area contributed by atoms with E-state index in [0.717, 1.165) is 24.2 Å². The van der Waals surface area contributed by atoms with Crippen LogP contribution in [0.4, 0.5) is 0 Å². The van der Waals surface area contributed by atoms with Gasteiger partial charge in [-0.3, -0.25) is 0 Å². The predicted octanol–water partition coefficient (Wildman–Crippen LogP) is 3.65. The highest BCUT2D eigenvalue weighted by atomic mass is 35.5. The first-order valence-corrected chi connectivity index (χ1v) is 6.49. The third-order valence-electron chi connectivity index (χ3n) is 2.47. The van der Waals surface area contributed by atoms with Crippen molar-refractivity contribution in [2.45, 2.75) is 25.6 Å². The highest BCUT2D eigenvalue weighted by Crippen LogP contribution is 2.27. The summed E-state index contributed by atoms with van der Waals surface area (Å²) in [4.78, 5) is 4.20. The molecule has 1 aromatic carbocycles. The fourth-order valence-electron chi connectivity index (χ4n) is 1.52. The second kappa shape index (κ2) is 6.40. The summed E-state index contributed by atoms with van der Waals surface area (Å²) in [5, 5.41) is 3.90. The lowest BCUT2D eigenvalue weighted by atomic mass is 10.2. The number of aromatic nitrogens is 2. The normalized spacial score (nSPS) is 10.6. The van der Waals surface area contributed by atoms with Gasteiger partial charge in [-0.1, -0.05) is 30.6 Å². The fraction of sp³-hybridized carbons (Fsp3) is 0.385. The van der Waals surface area contributed by atoms with Crippen LogP contribution < -0.4 is 4.74 Å². The van der Waals surface area contributed by atoms with Gasteiger partial charge in [0, 0.05) is 0 Å². The van der Waals surface area contributed by atoms with Crippen molar-refractivity contribution < 1.29 is 9.26 Å². The van der Waals surface area contributed by atoms with Crippen LogP contribution in [0.2, 0.25) is 0 Å². The average molecular weight is 267 g/mol. The molecule has 0 spiro atoms. The molecule has 0 aliphatic rings. The third kappa shape index (κ3) is 3.01. The van der Waals surface area contributed by atoms with E-state index in [1.807, 2.05) is 24.3 Å². The van der Waals surface area contributed by atoms with Crippen LogP contribution in [0.15, 0.2) is 28.8 Å². The minimum atomic E-state index is 0.214. The van der Waals surface area contributed by atoms with Gasteiger partial charge < -0.3 is 9.26 Å². The molecule has 2 aromatic rings. The molecular formula is C13H15ClN2O2. The molecule has 0 aliphatic carbocycles. The van der Waals surface area contributed by atoms with E-state index in [1.54, 1.807) is 0 Å². The number of nitrogens with zero attached hydrogens (tertiary/aromatic N) is 2. The maximum absolute atomic E-state index is 5.72. The molecule has 1 heterocycles. The zero-order chi connectivity index (χ0) is 12.8. The molecule has 4 nitrogen and oxygen atoms in total. The number of hydrogen-bond donors (Lipinski definition) is 0. The van der Waals surface area contributed by atoms with Gasteiger partial charge in [0.1, 0.15) is 11.6 Å². The third-order valence-corrected chi connectivity index (χ3v) is 2.69. The Balaban J connectivity index is 2.20. The smallest absolute Gasteiger partial charge is 0.241 e.